The molecule has 1 atom stereocenters. The molecule has 0 fully saturated rings. The molecule has 0 bridgehead atoms. The van der Waals surface area contributed by atoms with Gasteiger partial charge in [0.2, 0.25) is 0 Å². The van der Waals surface area contributed by atoms with Crippen LogP contribution in [0.3, 0.4) is 0 Å². The lowest BCUT2D eigenvalue weighted by Crippen LogP contribution is -2.22. The van der Waals surface area contributed by atoms with E-state index in [0.717, 1.165) is 12.0 Å². The Morgan fingerprint density at radius 3 is 1.58 bits per heavy atom. The highest BCUT2D eigenvalue weighted by atomic mass is 32.1. The summed E-state index contributed by atoms with van der Waals surface area (Å²) in [4.78, 5) is 4.29. The van der Waals surface area contributed by atoms with Crippen molar-refractivity contribution in [2.75, 3.05) is 0 Å². The molecule has 2 rings (SSSR count). The maximum absolute atomic E-state index is 4.80. The highest BCUT2D eigenvalue weighted by molar-refractivity contribution is 7.78. The van der Waals surface area contributed by atoms with Gasteiger partial charge in [0.05, 0.1) is 21.5 Å². The summed E-state index contributed by atoms with van der Waals surface area (Å²) in [6.45, 7) is 19.7. The van der Waals surface area contributed by atoms with Crippen LogP contribution in [0.25, 0.3) is 0 Å². The molecule has 0 aliphatic heterocycles. The van der Waals surface area contributed by atoms with Crippen LogP contribution in [0.2, 0.25) is 0 Å². The zero-order valence-electron chi connectivity index (χ0n) is 20.7. The monoisotopic (exact) mass is 431 g/mol. The molecule has 0 saturated heterocycles. The van der Waals surface area contributed by atoms with E-state index in [4.69, 9.17) is 12.2 Å². The Hall–Kier alpha value is -2.20. The molecule has 1 nitrogen and oxygen atoms in total. The number of benzene rings is 2. The maximum atomic E-state index is 4.80. The van der Waals surface area contributed by atoms with Gasteiger partial charge >= 0.3 is 0 Å². The molecule has 0 radical (unpaired) electrons. The predicted octanol–water partition coefficient (Wildman–Crippen LogP) is 7.97. The highest BCUT2D eigenvalue weighted by Crippen LogP contribution is 2.32. The van der Waals surface area contributed by atoms with Gasteiger partial charge in [-0.2, -0.15) is 0 Å². The number of hydrogen-bond acceptors (Lipinski definition) is 2. The third-order valence-electron chi connectivity index (χ3n) is 6.38. The Kier molecular flexibility index (Phi) is 7.37. The van der Waals surface area contributed by atoms with Crippen molar-refractivity contribution in [3.05, 3.63) is 70.8 Å². The molecule has 2 aromatic rings. The minimum Gasteiger partial charge on any atom is -0.222 e. The van der Waals surface area contributed by atoms with Crippen molar-refractivity contribution in [3.8, 4) is 11.8 Å². The fourth-order valence-electron chi connectivity index (χ4n) is 3.54. The predicted molar refractivity (Wildman–Crippen MR) is 138 cm³/mol. The van der Waals surface area contributed by atoms with E-state index < -0.39 is 0 Å². The van der Waals surface area contributed by atoms with E-state index in [-0.39, 0.29) is 21.8 Å². The molecule has 0 aliphatic carbocycles. The van der Waals surface area contributed by atoms with Crippen molar-refractivity contribution in [1.29, 1.82) is 0 Å². The molecule has 0 saturated carbocycles. The second-order valence-electron chi connectivity index (χ2n) is 10.7. The molecule has 2 aromatic carbocycles. The third kappa shape index (κ3) is 5.94. The van der Waals surface area contributed by atoms with Crippen molar-refractivity contribution >= 4 is 17.4 Å². The lowest BCUT2D eigenvalue weighted by atomic mass is 9.76. The van der Waals surface area contributed by atoms with Crippen LogP contribution in [0, 0.1) is 11.8 Å². The highest BCUT2D eigenvalue weighted by Gasteiger charge is 2.26. The van der Waals surface area contributed by atoms with Gasteiger partial charge in [-0.15, -0.1) is 0 Å². The van der Waals surface area contributed by atoms with Gasteiger partial charge in [0, 0.05) is 0 Å². The molecule has 1 unspecified atom stereocenters. The van der Waals surface area contributed by atoms with Gasteiger partial charge in [-0.05, 0) is 80.9 Å². The zero-order chi connectivity index (χ0) is 23.5. The summed E-state index contributed by atoms with van der Waals surface area (Å²) in [7, 11) is 0. The van der Waals surface area contributed by atoms with Crippen LogP contribution >= 0.6 is 12.2 Å². The first-order valence-electron chi connectivity index (χ1n) is 11.1. The summed E-state index contributed by atoms with van der Waals surface area (Å²) in [5.74, 6) is 7.22. The standard InChI is InChI=1S/C29H37NS/c1-10-29(9,25-17-11-22(12-18-25)26(2,3)4)20-19-27(5,6)23-13-15-24(16-14-23)28(7,8)30-21-31/h11-18H,10H2,1-9H3. The zero-order valence-corrected chi connectivity index (χ0v) is 21.5. The Labute approximate surface area is 195 Å². The van der Waals surface area contributed by atoms with Crippen LogP contribution in [0.15, 0.2) is 53.5 Å². The molecule has 164 valence electrons. The number of thiocarbonyl (C=S) groups is 1. The topological polar surface area (TPSA) is 12.4 Å². The number of hydrogen-bond donors (Lipinski definition) is 0. The van der Waals surface area contributed by atoms with Crippen LogP contribution in [-0.2, 0) is 21.8 Å². The number of nitrogens with zero attached hydrogens (tertiary/aromatic N) is 1. The first kappa shape index (κ1) is 25.1. The summed E-state index contributed by atoms with van der Waals surface area (Å²) >= 11 is 4.80. The second kappa shape index (κ2) is 9.12. The largest absolute Gasteiger partial charge is 0.222 e. The number of aliphatic imine (C=N–C) groups is 1. The average molecular weight is 432 g/mol. The van der Waals surface area contributed by atoms with Crippen LogP contribution in [0.5, 0.6) is 0 Å². The smallest absolute Gasteiger partial charge is 0.0903 e. The van der Waals surface area contributed by atoms with Gasteiger partial charge in [-0.3, -0.25) is 0 Å². The van der Waals surface area contributed by atoms with E-state index in [2.05, 4.69) is 119 Å². The third-order valence-corrected chi connectivity index (χ3v) is 6.48. The summed E-state index contributed by atoms with van der Waals surface area (Å²) in [6, 6.07) is 17.6. The Bertz CT molecular complexity index is 1000. The van der Waals surface area contributed by atoms with Gasteiger partial charge in [0.15, 0.2) is 0 Å². The molecule has 0 aromatic heterocycles. The van der Waals surface area contributed by atoms with Crippen molar-refractivity contribution in [2.24, 2.45) is 4.99 Å². The van der Waals surface area contributed by atoms with Crippen LogP contribution in [0.1, 0.15) is 91.0 Å². The Balaban J connectivity index is 2.35. The summed E-state index contributed by atoms with van der Waals surface area (Å²) in [5.41, 5.74) is 4.31. The first-order chi connectivity index (χ1) is 14.2. The van der Waals surface area contributed by atoms with E-state index in [1.54, 1.807) is 0 Å². The van der Waals surface area contributed by atoms with Gasteiger partial charge in [0.1, 0.15) is 0 Å². The van der Waals surface area contributed by atoms with Gasteiger partial charge in [-0.1, -0.05) is 88.1 Å². The molecule has 0 aliphatic rings. The van der Waals surface area contributed by atoms with Crippen molar-refractivity contribution < 1.29 is 0 Å². The minimum atomic E-state index is -0.365. The summed E-state index contributed by atoms with van der Waals surface area (Å²) in [6.07, 6.45) is 0.966. The Morgan fingerprint density at radius 2 is 1.13 bits per heavy atom. The fraction of sp³-hybridized carbons (Fsp3) is 0.483. The summed E-state index contributed by atoms with van der Waals surface area (Å²) in [5, 5.41) is 2.51. The normalized spacial score (nSPS) is 14.1. The van der Waals surface area contributed by atoms with E-state index in [9.17, 15) is 0 Å². The van der Waals surface area contributed by atoms with Gasteiger partial charge < -0.3 is 0 Å². The van der Waals surface area contributed by atoms with Crippen LogP contribution < -0.4 is 0 Å². The number of rotatable bonds is 5. The molecule has 0 spiro atoms. The van der Waals surface area contributed by atoms with Gasteiger partial charge in [-0.25, -0.2) is 4.99 Å². The molecule has 0 amide bonds. The van der Waals surface area contributed by atoms with E-state index in [1.165, 1.54) is 16.7 Å². The van der Waals surface area contributed by atoms with Crippen molar-refractivity contribution in [3.63, 3.8) is 0 Å². The molecular weight excluding hydrogens is 394 g/mol. The fourth-order valence-corrected chi connectivity index (χ4v) is 3.77. The molecule has 0 heterocycles. The number of isothiocyanates is 1. The van der Waals surface area contributed by atoms with Crippen LogP contribution in [0.4, 0.5) is 0 Å². The van der Waals surface area contributed by atoms with E-state index in [1.807, 2.05) is 13.8 Å². The Morgan fingerprint density at radius 1 is 0.677 bits per heavy atom. The van der Waals surface area contributed by atoms with E-state index >= 15 is 0 Å². The van der Waals surface area contributed by atoms with Crippen molar-refractivity contribution in [2.45, 2.75) is 90.5 Å². The first-order valence-corrected chi connectivity index (χ1v) is 11.5. The van der Waals surface area contributed by atoms with E-state index in [0.29, 0.717) is 0 Å². The minimum absolute atomic E-state index is 0.157. The molecule has 0 N–H and O–H groups in total. The van der Waals surface area contributed by atoms with Crippen molar-refractivity contribution in [1.82, 2.24) is 0 Å². The molecular formula is C29H37NS. The summed E-state index contributed by atoms with van der Waals surface area (Å²) < 4.78 is 0. The second-order valence-corrected chi connectivity index (χ2v) is 10.9. The molecule has 31 heavy (non-hydrogen) atoms. The lowest BCUT2D eigenvalue weighted by molar-refractivity contribution is 0.561. The maximum Gasteiger partial charge on any atom is 0.0903 e. The quantitative estimate of drug-likeness (QED) is 0.266. The van der Waals surface area contributed by atoms with Crippen LogP contribution in [-0.4, -0.2) is 5.16 Å². The lowest BCUT2D eigenvalue weighted by Gasteiger charge is -2.27. The average Bonchev–Trinajstić information content (AvgIpc) is 2.71. The molecule has 2 heteroatoms. The van der Waals surface area contributed by atoms with Gasteiger partial charge in [0.25, 0.3) is 0 Å². The SMILES string of the molecule is CCC(C)(C#CC(C)(C)c1ccc(C(C)(C)N=C=S)cc1)c1ccc(C(C)(C)C)cc1.